The molecule has 3 heterocycles. The molecule has 71 heavy (non-hydrogen) atoms. The molecule has 3 atom stereocenters. The van der Waals surface area contributed by atoms with Gasteiger partial charge in [-0.05, 0) is 123 Å². The number of hydrogen-bond acceptors (Lipinski definition) is 11. The van der Waals surface area contributed by atoms with Gasteiger partial charge in [0, 0.05) is 50.1 Å². The van der Waals surface area contributed by atoms with Gasteiger partial charge >= 0.3 is 6.03 Å². The van der Waals surface area contributed by atoms with Crippen molar-refractivity contribution in [3.63, 3.8) is 0 Å². The van der Waals surface area contributed by atoms with Gasteiger partial charge in [0.05, 0.1) is 26.9 Å². The van der Waals surface area contributed by atoms with Crippen LogP contribution in [0.3, 0.4) is 0 Å². The molecule has 16 nitrogen and oxygen atoms in total. The summed E-state index contributed by atoms with van der Waals surface area (Å²) in [7, 11) is 3.18. The number of rotatable bonds is 27. The summed E-state index contributed by atoms with van der Waals surface area (Å²) >= 11 is 0. The molecule has 0 bridgehead atoms. The topological polar surface area (TPSA) is 190 Å². The number of likely N-dealkylation sites (tertiary alicyclic amines) is 1. The molecule has 3 fully saturated rings. The van der Waals surface area contributed by atoms with E-state index in [2.05, 4.69) is 10.6 Å². The van der Waals surface area contributed by atoms with Crippen molar-refractivity contribution in [2.45, 2.75) is 135 Å². The minimum absolute atomic E-state index is 0.0705. The van der Waals surface area contributed by atoms with E-state index in [1.807, 2.05) is 67.6 Å². The van der Waals surface area contributed by atoms with Crippen LogP contribution in [0.5, 0.6) is 23.0 Å². The molecule has 0 radical (unpaired) electrons. The van der Waals surface area contributed by atoms with Crippen LogP contribution in [0, 0.1) is 5.41 Å². The minimum atomic E-state index is -0.811. The maximum absolute atomic E-state index is 14.3. The molecule has 3 aromatic carbocycles. The van der Waals surface area contributed by atoms with Gasteiger partial charge < -0.3 is 34.1 Å². The van der Waals surface area contributed by atoms with Crippen LogP contribution in [0.2, 0.25) is 0 Å². The summed E-state index contributed by atoms with van der Waals surface area (Å²) in [6.45, 7) is 7.66. The number of hydrogen-bond donors (Lipinski definition) is 2. The summed E-state index contributed by atoms with van der Waals surface area (Å²) in [5, 5.41) is 5.29. The number of ketones is 2. The van der Waals surface area contributed by atoms with Crippen LogP contribution in [0.25, 0.3) is 0 Å². The van der Waals surface area contributed by atoms with E-state index in [1.54, 1.807) is 39.0 Å². The number of amides is 6. The molecular weight excluding hydrogens is 907 g/mol. The maximum Gasteiger partial charge on any atom is 0.325 e. The average Bonchev–Trinajstić information content (AvgIpc) is 3.76. The second-order valence-corrected chi connectivity index (χ2v) is 19.4. The van der Waals surface area contributed by atoms with Crippen LogP contribution in [0.15, 0.2) is 66.7 Å². The lowest BCUT2D eigenvalue weighted by Crippen LogP contribution is -2.53. The summed E-state index contributed by atoms with van der Waals surface area (Å²) in [5.41, 5.74) is 1.81. The number of nitrogens with one attached hydrogen (secondary N) is 2. The van der Waals surface area contributed by atoms with E-state index in [-0.39, 0.29) is 49.0 Å². The van der Waals surface area contributed by atoms with Crippen LogP contribution >= 0.6 is 0 Å². The summed E-state index contributed by atoms with van der Waals surface area (Å²) in [5.74, 6) is 0.193. The summed E-state index contributed by atoms with van der Waals surface area (Å²) in [6, 6.07) is 19.1. The van der Waals surface area contributed by atoms with Gasteiger partial charge in [0.15, 0.2) is 23.9 Å². The van der Waals surface area contributed by atoms with Crippen molar-refractivity contribution in [2.75, 3.05) is 58.5 Å². The van der Waals surface area contributed by atoms with Crippen molar-refractivity contribution < 1.29 is 52.5 Å². The lowest BCUT2D eigenvalue weighted by Gasteiger charge is -2.36. The van der Waals surface area contributed by atoms with Crippen molar-refractivity contribution in [3.8, 4) is 23.0 Å². The quantitative estimate of drug-likeness (QED) is 0.0432. The zero-order chi connectivity index (χ0) is 50.9. The van der Waals surface area contributed by atoms with Crippen LogP contribution in [0.4, 0.5) is 10.5 Å². The van der Waals surface area contributed by atoms with Gasteiger partial charge in [-0.3, -0.25) is 39.0 Å². The van der Waals surface area contributed by atoms with Gasteiger partial charge in [0.2, 0.25) is 17.6 Å². The number of unbranched alkanes of at least 4 members (excludes halogenated alkanes) is 5. The van der Waals surface area contributed by atoms with Gasteiger partial charge in [0.1, 0.15) is 17.5 Å². The number of methoxy groups -OCH3 is 2. The highest BCUT2D eigenvalue weighted by molar-refractivity contribution is 6.38. The number of imide groups is 1. The molecule has 3 unspecified atom stereocenters. The average molecular weight is 980 g/mol. The number of anilines is 1. The predicted octanol–water partition coefficient (Wildman–Crippen LogP) is 7.73. The van der Waals surface area contributed by atoms with Gasteiger partial charge in [-0.25, -0.2) is 4.79 Å². The standard InChI is InChI=1S/C55H73N5O11/c1-6-55(2,3)51(64)53(66)59-30-13-11-18-44(59)46(61)36-40(21-19-38-20-27-47(68-4)48(34-38)69-5)39-16-15-17-43(35-39)71-37-50(63)56-29-12-9-7-8-10-14-33-70-42-24-22-41(23-25-42)58-31-32-60(54(58)67)45-26-28-49(62)57-52(45)65/h15-17,20,22-25,27,34-35,40,44-45H,6-14,18-19,21,26,28-33,36-37H2,1-5H3,(H,56,63)(H,57,62,65). The third kappa shape index (κ3) is 14.8. The zero-order valence-electron chi connectivity index (χ0n) is 42.3. The van der Waals surface area contributed by atoms with Crippen molar-refractivity contribution in [3.05, 3.63) is 77.9 Å². The number of carbonyl (C=O) groups is 7. The molecule has 0 saturated carbocycles. The molecule has 2 N–H and O–H groups in total. The number of piperidine rings is 2. The maximum atomic E-state index is 14.3. The smallest absolute Gasteiger partial charge is 0.325 e. The zero-order valence-corrected chi connectivity index (χ0v) is 42.3. The van der Waals surface area contributed by atoms with E-state index < -0.39 is 35.1 Å². The van der Waals surface area contributed by atoms with E-state index in [0.717, 1.165) is 73.9 Å². The van der Waals surface area contributed by atoms with E-state index in [0.29, 0.717) is 82.1 Å². The van der Waals surface area contributed by atoms with E-state index in [1.165, 1.54) is 9.80 Å². The minimum Gasteiger partial charge on any atom is -0.494 e. The number of carbonyl (C=O) groups excluding carboxylic acids is 7. The molecule has 0 aromatic heterocycles. The number of urea groups is 1. The number of Topliss-reactive ketones (excluding diaryl/α,β-unsaturated/α-hetero) is 2. The second-order valence-electron chi connectivity index (χ2n) is 19.4. The third-order valence-corrected chi connectivity index (χ3v) is 14.1. The Morgan fingerprint density at radius 1 is 0.803 bits per heavy atom. The van der Waals surface area contributed by atoms with E-state index in [9.17, 15) is 33.6 Å². The summed E-state index contributed by atoms with van der Waals surface area (Å²) in [6.07, 6.45) is 10.4. The molecule has 384 valence electrons. The first-order chi connectivity index (χ1) is 34.2. The fraction of sp³-hybridized carbons (Fsp3) is 0.545. The van der Waals surface area contributed by atoms with Crippen molar-refractivity contribution >= 4 is 46.9 Å². The fourth-order valence-corrected chi connectivity index (χ4v) is 9.43. The van der Waals surface area contributed by atoms with Crippen molar-refractivity contribution in [1.82, 2.24) is 20.4 Å². The molecule has 6 rings (SSSR count). The SMILES string of the molecule is CCC(C)(C)C(=O)C(=O)N1CCCCC1C(=O)CC(CCc1ccc(OC)c(OC)c1)c1cccc(OCC(=O)NCCCCCCCCOc2ccc(N3CCN(C4CCC(=O)NC4=O)C3=O)cc2)c1. The monoisotopic (exact) mass is 980 g/mol. The molecule has 3 aliphatic rings. The number of benzene rings is 3. The van der Waals surface area contributed by atoms with E-state index >= 15 is 0 Å². The first-order valence-electron chi connectivity index (χ1n) is 25.5. The molecule has 16 heteroatoms. The molecule has 0 spiro atoms. The van der Waals surface area contributed by atoms with Crippen LogP contribution in [0.1, 0.15) is 128 Å². The molecule has 3 aromatic rings. The van der Waals surface area contributed by atoms with Gasteiger partial charge in [-0.15, -0.1) is 0 Å². The third-order valence-electron chi connectivity index (χ3n) is 14.1. The lowest BCUT2D eigenvalue weighted by atomic mass is 9.82. The Morgan fingerprint density at radius 3 is 2.28 bits per heavy atom. The number of aryl methyl sites for hydroxylation is 1. The van der Waals surface area contributed by atoms with E-state index in [4.69, 9.17) is 18.9 Å². The summed E-state index contributed by atoms with van der Waals surface area (Å²) < 4.78 is 22.9. The largest absolute Gasteiger partial charge is 0.494 e. The summed E-state index contributed by atoms with van der Waals surface area (Å²) in [4.78, 5) is 95.5. The first kappa shape index (κ1) is 53.9. The van der Waals surface area contributed by atoms with Gasteiger partial charge in [0.25, 0.3) is 11.8 Å². The highest BCUT2D eigenvalue weighted by atomic mass is 16.5. The van der Waals surface area contributed by atoms with Gasteiger partial charge in [-0.2, -0.15) is 0 Å². The van der Waals surface area contributed by atoms with Crippen LogP contribution in [-0.2, 0) is 35.2 Å². The molecule has 6 amide bonds. The molecule has 3 aliphatic heterocycles. The van der Waals surface area contributed by atoms with Gasteiger partial charge in [-0.1, -0.05) is 64.7 Å². The second kappa shape index (κ2) is 26.1. The number of ether oxygens (including phenoxy) is 4. The van der Waals surface area contributed by atoms with Crippen molar-refractivity contribution in [2.24, 2.45) is 5.41 Å². The Balaban J connectivity index is 0.910. The van der Waals surface area contributed by atoms with Crippen LogP contribution in [-0.4, -0.2) is 117 Å². The highest BCUT2D eigenvalue weighted by Crippen LogP contribution is 2.34. The normalized spacial score (nSPS) is 17.6. The number of nitrogens with zero attached hydrogens (tertiary/aromatic N) is 3. The Kier molecular flexibility index (Phi) is 19.8. The molecule has 0 aliphatic carbocycles. The molecule has 3 saturated heterocycles. The highest BCUT2D eigenvalue weighted by Gasteiger charge is 2.42. The predicted molar refractivity (Wildman–Crippen MR) is 269 cm³/mol. The Labute approximate surface area is 418 Å². The first-order valence-corrected chi connectivity index (χ1v) is 25.5. The van der Waals surface area contributed by atoms with Crippen LogP contribution < -0.4 is 34.5 Å². The van der Waals surface area contributed by atoms with Crippen molar-refractivity contribution in [1.29, 1.82) is 0 Å². The Morgan fingerprint density at radius 2 is 1.55 bits per heavy atom. The molecular formula is C55H73N5O11. The lowest BCUT2D eigenvalue weighted by molar-refractivity contribution is -0.153. The Hall–Kier alpha value is -6.45. The fourth-order valence-electron chi connectivity index (χ4n) is 9.43. The Bertz CT molecular complexity index is 2330.